The molecule has 3 atom stereocenters. The van der Waals surface area contributed by atoms with Crippen molar-refractivity contribution in [1.29, 1.82) is 0 Å². The third-order valence-corrected chi connectivity index (χ3v) is 7.31. The minimum absolute atomic E-state index is 0.0230. The van der Waals surface area contributed by atoms with Crippen molar-refractivity contribution in [1.82, 2.24) is 10.6 Å². The number of aliphatic imine (C=N–C) groups is 1. The van der Waals surface area contributed by atoms with Gasteiger partial charge in [0.05, 0.1) is 12.5 Å². The summed E-state index contributed by atoms with van der Waals surface area (Å²) < 4.78 is 39.7. The number of carbonyl (C=O) groups excluding carboxylic acids is 1. The molecule has 0 saturated heterocycles. The number of amides is 1. The molecule has 0 aromatic carbocycles. The number of thioether (sulfide) groups is 1. The van der Waals surface area contributed by atoms with E-state index in [2.05, 4.69) is 15.6 Å². The number of carbonyl (C=O) groups is 1. The molecule has 3 aliphatic rings. The second-order valence-electron chi connectivity index (χ2n) is 7.72. The molecule has 0 aromatic rings. The third kappa shape index (κ3) is 3.99. The Morgan fingerprint density at radius 1 is 1.28 bits per heavy atom. The van der Waals surface area contributed by atoms with Gasteiger partial charge in [0, 0.05) is 16.7 Å². The van der Waals surface area contributed by atoms with E-state index in [-0.39, 0.29) is 18.2 Å². The lowest BCUT2D eigenvalue weighted by molar-refractivity contribution is -0.199. The van der Waals surface area contributed by atoms with Crippen molar-refractivity contribution in [3.05, 3.63) is 0 Å². The summed E-state index contributed by atoms with van der Waals surface area (Å²) in [6.07, 6.45) is -0.291. The van der Waals surface area contributed by atoms with Crippen molar-refractivity contribution < 1.29 is 18.0 Å². The number of alkyl halides is 3. The van der Waals surface area contributed by atoms with Crippen LogP contribution in [0.2, 0.25) is 0 Å². The smallest absolute Gasteiger partial charge is 0.317 e. The van der Waals surface area contributed by atoms with E-state index in [1.54, 1.807) is 0 Å². The number of rotatable bonds is 3. The summed E-state index contributed by atoms with van der Waals surface area (Å²) in [5.41, 5.74) is 0. The summed E-state index contributed by atoms with van der Waals surface area (Å²) in [6, 6.07) is 0.383. The van der Waals surface area contributed by atoms with Crippen LogP contribution in [0.3, 0.4) is 0 Å². The topological polar surface area (TPSA) is 53.5 Å². The van der Waals surface area contributed by atoms with Crippen molar-refractivity contribution in [3.63, 3.8) is 0 Å². The molecule has 2 saturated carbocycles. The zero-order chi connectivity index (χ0) is 18.2. The lowest BCUT2D eigenvalue weighted by Gasteiger charge is -2.42. The standard InChI is InChI=1S/C17H26F3N3OS/c1-16(12-5-3-4-6-13(12)17(18,19)20)9-22-15(25-16)23-14(24)10-7-11(8-10)21-2/h10-13,21H,3-9H2,1-2H3,(H,22,23,24)/t10?,11?,12-,13+,16?/m0/s1. The van der Waals surface area contributed by atoms with Crippen molar-refractivity contribution in [3.8, 4) is 0 Å². The molecule has 1 aliphatic heterocycles. The number of amidine groups is 1. The molecule has 0 radical (unpaired) electrons. The first-order valence-corrected chi connectivity index (χ1v) is 9.83. The van der Waals surface area contributed by atoms with Crippen molar-refractivity contribution in [2.24, 2.45) is 22.7 Å². The molecule has 8 heteroatoms. The number of nitrogens with one attached hydrogen (secondary N) is 2. The number of nitrogens with zero attached hydrogens (tertiary/aromatic N) is 1. The maximum Gasteiger partial charge on any atom is 0.392 e. The van der Waals surface area contributed by atoms with Gasteiger partial charge in [-0.15, -0.1) is 0 Å². The molecule has 0 aromatic heterocycles. The minimum atomic E-state index is -4.16. The molecule has 2 N–H and O–H groups in total. The molecule has 4 nitrogen and oxygen atoms in total. The van der Waals surface area contributed by atoms with Crippen LogP contribution in [-0.4, -0.2) is 41.6 Å². The SMILES string of the molecule is CNC1CC(C(=O)NC2=NCC(C)([C@H]3CCCC[C@H]3C(F)(F)F)S2)C1. The molecule has 1 amide bonds. The zero-order valence-corrected chi connectivity index (χ0v) is 15.5. The van der Waals surface area contributed by atoms with Gasteiger partial charge in [-0.05, 0) is 45.6 Å². The van der Waals surface area contributed by atoms with Gasteiger partial charge < -0.3 is 10.6 Å². The molecule has 25 heavy (non-hydrogen) atoms. The average molecular weight is 377 g/mol. The van der Waals surface area contributed by atoms with Crippen molar-refractivity contribution >= 4 is 22.8 Å². The van der Waals surface area contributed by atoms with Crippen LogP contribution in [-0.2, 0) is 4.79 Å². The highest BCUT2D eigenvalue weighted by atomic mass is 32.2. The normalized spacial score (nSPS) is 38.8. The Hall–Kier alpha value is -0.760. The maximum absolute atomic E-state index is 13.4. The lowest BCUT2D eigenvalue weighted by atomic mass is 9.72. The largest absolute Gasteiger partial charge is 0.392 e. The summed E-state index contributed by atoms with van der Waals surface area (Å²) in [5.74, 6) is -1.78. The van der Waals surface area contributed by atoms with Crippen LogP contribution in [0.5, 0.6) is 0 Å². The number of hydrogen-bond donors (Lipinski definition) is 2. The van der Waals surface area contributed by atoms with Gasteiger partial charge in [0.25, 0.3) is 0 Å². The summed E-state index contributed by atoms with van der Waals surface area (Å²) >= 11 is 1.33. The molecule has 0 spiro atoms. The molecule has 1 heterocycles. The Labute approximate surface area is 150 Å². The van der Waals surface area contributed by atoms with Crippen LogP contribution in [0.15, 0.2) is 4.99 Å². The summed E-state index contributed by atoms with van der Waals surface area (Å²) in [6.45, 7) is 2.21. The highest BCUT2D eigenvalue weighted by Crippen LogP contribution is 2.52. The fraction of sp³-hybridized carbons (Fsp3) is 0.882. The minimum Gasteiger partial charge on any atom is -0.317 e. The highest BCUT2D eigenvalue weighted by Gasteiger charge is 2.53. The third-order valence-electron chi connectivity index (χ3n) is 5.98. The van der Waals surface area contributed by atoms with Crippen molar-refractivity contribution in [2.75, 3.05) is 13.6 Å². The second kappa shape index (κ2) is 7.10. The zero-order valence-electron chi connectivity index (χ0n) is 14.7. The van der Waals surface area contributed by atoms with E-state index in [1.165, 1.54) is 11.8 Å². The van der Waals surface area contributed by atoms with E-state index >= 15 is 0 Å². The first-order valence-electron chi connectivity index (χ1n) is 9.01. The fourth-order valence-electron chi connectivity index (χ4n) is 4.30. The molecule has 3 rings (SSSR count). The molecular weight excluding hydrogens is 351 g/mol. The quantitative estimate of drug-likeness (QED) is 0.793. The van der Waals surface area contributed by atoms with E-state index in [0.29, 0.717) is 30.6 Å². The van der Waals surface area contributed by atoms with Crippen LogP contribution in [0.25, 0.3) is 0 Å². The van der Waals surface area contributed by atoms with Gasteiger partial charge in [0.2, 0.25) is 5.91 Å². The first-order chi connectivity index (χ1) is 11.7. The van der Waals surface area contributed by atoms with Gasteiger partial charge in [0.1, 0.15) is 0 Å². The van der Waals surface area contributed by atoms with Gasteiger partial charge in [0.15, 0.2) is 5.17 Å². The summed E-state index contributed by atoms with van der Waals surface area (Å²) in [4.78, 5) is 16.6. The van der Waals surface area contributed by atoms with Crippen LogP contribution >= 0.6 is 11.8 Å². The Bertz CT molecular complexity index is 548. The lowest BCUT2D eigenvalue weighted by Crippen LogP contribution is -2.48. The van der Waals surface area contributed by atoms with E-state index < -0.39 is 22.8 Å². The summed E-state index contributed by atoms with van der Waals surface area (Å²) in [5, 5.41) is 6.46. The van der Waals surface area contributed by atoms with E-state index in [9.17, 15) is 18.0 Å². The fourth-order valence-corrected chi connectivity index (χ4v) is 5.59. The summed E-state index contributed by atoms with van der Waals surface area (Å²) in [7, 11) is 1.88. The van der Waals surface area contributed by atoms with Crippen LogP contribution < -0.4 is 10.6 Å². The van der Waals surface area contributed by atoms with E-state index in [0.717, 1.165) is 19.3 Å². The predicted octanol–water partition coefficient (Wildman–Crippen LogP) is 3.33. The van der Waals surface area contributed by atoms with Crippen molar-refractivity contribution in [2.45, 2.75) is 62.4 Å². The van der Waals surface area contributed by atoms with Gasteiger partial charge in [-0.2, -0.15) is 13.2 Å². The number of halogens is 3. The molecule has 0 bridgehead atoms. The Balaban J connectivity index is 1.59. The van der Waals surface area contributed by atoms with E-state index in [1.807, 2.05) is 14.0 Å². The number of hydrogen-bond acceptors (Lipinski definition) is 4. The Morgan fingerprint density at radius 2 is 1.96 bits per heavy atom. The molecule has 2 aliphatic carbocycles. The van der Waals surface area contributed by atoms with E-state index in [4.69, 9.17) is 0 Å². The van der Waals surface area contributed by atoms with Gasteiger partial charge in [-0.1, -0.05) is 24.6 Å². The monoisotopic (exact) mass is 377 g/mol. The Kier molecular flexibility index (Phi) is 5.40. The van der Waals surface area contributed by atoms with Gasteiger partial charge in [-0.3, -0.25) is 9.79 Å². The highest BCUT2D eigenvalue weighted by molar-refractivity contribution is 8.15. The van der Waals surface area contributed by atoms with Crippen LogP contribution in [0, 0.1) is 17.8 Å². The molecule has 2 fully saturated rings. The molecule has 1 unspecified atom stereocenters. The second-order valence-corrected chi connectivity index (χ2v) is 9.24. The van der Waals surface area contributed by atoms with Gasteiger partial charge in [-0.25, -0.2) is 0 Å². The van der Waals surface area contributed by atoms with Crippen LogP contribution in [0.1, 0.15) is 45.4 Å². The Morgan fingerprint density at radius 3 is 2.60 bits per heavy atom. The molecular formula is C17H26F3N3OS. The van der Waals surface area contributed by atoms with Crippen LogP contribution in [0.4, 0.5) is 13.2 Å². The average Bonchev–Trinajstić information content (AvgIpc) is 2.88. The molecule has 142 valence electrons. The maximum atomic E-state index is 13.4. The van der Waals surface area contributed by atoms with Gasteiger partial charge >= 0.3 is 6.18 Å². The predicted molar refractivity (Wildman–Crippen MR) is 93.5 cm³/mol. The first kappa shape index (κ1) is 19.0.